The lowest BCUT2D eigenvalue weighted by Gasteiger charge is -2.35. The Morgan fingerprint density at radius 1 is 1.21 bits per heavy atom. The highest BCUT2D eigenvalue weighted by Crippen LogP contribution is 2.36. The zero-order valence-electron chi connectivity index (χ0n) is 8.57. The summed E-state index contributed by atoms with van der Waals surface area (Å²) < 4.78 is 0. The smallest absolute Gasteiger partial charge is 0.0292 e. The van der Waals surface area contributed by atoms with E-state index in [4.69, 9.17) is 23.2 Å². The van der Waals surface area contributed by atoms with Gasteiger partial charge in [-0.25, -0.2) is 0 Å². The minimum absolute atomic E-state index is 0.347. The van der Waals surface area contributed by atoms with Crippen molar-refractivity contribution in [3.63, 3.8) is 0 Å². The predicted molar refractivity (Wildman–Crippen MR) is 64.1 cm³/mol. The molecule has 0 atom stereocenters. The van der Waals surface area contributed by atoms with Gasteiger partial charge in [0.05, 0.1) is 0 Å². The van der Waals surface area contributed by atoms with Crippen LogP contribution in [0.2, 0.25) is 0 Å². The van der Waals surface area contributed by atoms with Crippen LogP contribution in [0.4, 0.5) is 0 Å². The highest BCUT2D eigenvalue weighted by Gasteiger charge is 2.30. The third-order valence-electron chi connectivity index (χ3n) is 3.05. The summed E-state index contributed by atoms with van der Waals surface area (Å²) in [6.07, 6.45) is 8.51. The Morgan fingerprint density at radius 2 is 1.93 bits per heavy atom. The van der Waals surface area contributed by atoms with Crippen molar-refractivity contribution in [2.45, 2.75) is 32.1 Å². The Balaban J connectivity index is 2.28. The van der Waals surface area contributed by atoms with Crippen LogP contribution in [0, 0.1) is 5.41 Å². The third-order valence-corrected chi connectivity index (χ3v) is 3.79. The Morgan fingerprint density at radius 3 is 2.50 bits per heavy atom. The summed E-state index contributed by atoms with van der Waals surface area (Å²) in [5.41, 5.74) is 1.90. The molecule has 0 amide bonds. The summed E-state index contributed by atoms with van der Waals surface area (Å²) >= 11 is 11.5. The molecular weight excluding hydrogens is 217 g/mol. The monoisotopic (exact) mass is 235 g/mol. The summed E-state index contributed by atoms with van der Waals surface area (Å²) in [5, 5.41) is 3.39. The van der Waals surface area contributed by atoms with Crippen LogP contribution in [0.25, 0.3) is 0 Å². The van der Waals surface area contributed by atoms with Gasteiger partial charge in [0.15, 0.2) is 0 Å². The van der Waals surface area contributed by atoms with E-state index in [1.54, 1.807) is 5.54 Å². The van der Waals surface area contributed by atoms with Crippen molar-refractivity contribution < 1.29 is 0 Å². The Kier molecular flexibility index (Phi) is 5.92. The van der Waals surface area contributed by atoms with Crippen molar-refractivity contribution in [3.05, 3.63) is 11.6 Å². The van der Waals surface area contributed by atoms with Gasteiger partial charge in [-0.05, 0) is 18.3 Å². The van der Waals surface area contributed by atoms with Gasteiger partial charge in [0.2, 0.25) is 0 Å². The maximum atomic E-state index is 6.07. The van der Waals surface area contributed by atoms with E-state index in [2.05, 4.69) is 5.32 Å². The van der Waals surface area contributed by atoms with Gasteiger partial charge in [0.25, 0.3) is 0 Å². The molecular formula is C11H19Cl2N. The first-order chi connectivity index (χ1) is 6.83. The largest absolute Gasteiger partial charge is 0.313 e. The zero-order chi connectivity index (χ0) is 10.3. The average molecular weight is 236 g/mol. The maximum absolute atomic E-state index is 6.07. The van der Waals surface area contributed by atoms with Crippen molar-refractivity contribution in [1.29, 1.82) is 0 Å². The minimum Gasteiger partial charge on any atom is -0.313 e. The van der Waals surface area contributed by atoms with Gasteiger partial charge in [-0.2, -0.15) is 0 Å². The van der Waals surface area contributed by atoms with Crippen molar-refractivity contribution in [2.24, 2.45) is 5.41 Å². The molecule has 1 fully saturated rings. The molecule has 0 heterocycles. The zero-order valence-corrected chi connectivity index (χ0v) is 10.1. The molecule has 0 aromatic carbocycles. The van der Waals surface area contributed by atoms with Gasteiger partial charge in [0.1, 0.15) is 0 Å². The SMILES string of the molecule is Cl/C=C/CNCC1(CCl)CCCCC1. The van der Waals surface area contributed by atoms with E-state index in [9.17, 15) is 0 Å². The van der Waals surface area contributed by atoms with Crippen LogP contribution in [-0.4, -0.2) is 19.0 Å². The van der Waals surface area contributed by atoms with E-state index < -0.39 is 0 Å². The van der Waals surface area contributed by atoms with Crippen LogP contribution in [-0.2, 0) is 0 Å². The second-order valence-corrected chi connectivity index (χ2v) is 4.71. The van der Waals surface area contributed by atoms with Crippen molar-refractivity contribution in [2.75, 3.05) is 19.0 Å². The van der Waals surface area contributed by atoms with E-state index in [1.807, 2.05) is 6.08 Å². The maximum Gasteiger partial charge on any atom is 0.0292 e. The first kappa shape index (κ1) is 12.4. The van der Waals surface area contributed by atoms with Gasteiger partial charge < -0.3 is 5.32 Å². The molecule has 1 rings (SSSR count). The summed E-state index contributed by atoms with van der Waals surface area (Å²) in [4.78, 5) is 0. The predicted octanol–water partition coefficient (Wildman–Crippen LogP) is 3.52. The molecule has 0 bridgehead atoms. The fourth-order valence-corrected chi connectivity index (χ4v) is 2.58. The molecule has 0 spiro atoms. The summed E-state index contributed by atoms with van der Waals surface area (Å²) in [5.74, 6) is 0.782. The lowest BCUT2D eigenvalue weighted by atomic mass is 9.75. The van der Waals surface area contributed by atoms with E-state index in [0.29, 0.717) is 5.41 Å². The van der Waals surface area contributed by atoms with Crippen molar-refractivity contribution in [3.8, 4) is 0 Å². The molecule has 0 aromatic heterocycles. The molecule has 0 saturated heterocycles. The van der Waals surface area contributed by atoms with Gasteiger partial charge >= 0.3 is 0 Å². The number of hydrogen-bond acceptors (Lipinski definition) is 1. The average Bonchev–Trinajstić information content (AvgIpc) is 2.26. The number of nitrogens with one attached hydrogen (secondary N) is 1. The van der Waals surface area contributed by atoms with Gasteiger partial charge in [0, 0.05) is 24.5 Å². The molecule has 0 aromatic rings. The standard InChI is InChI=1S/C11H19Cl2N/c12-7-4-8-14-10-11(9-13)5-2-1-3-6-11/h4,7,14H,1-3,5-6,8-10H2/b7-4+. The highest BCUT2D eigenvalue weighted by atomic mass is 35.5. The third kappa shape index (κ3) is 3.80. The van der Waals surface area contributed by atoms with Gasteiger partial charge in [-0.3, -0.25) is 0 Å². The molecule has 14 heavy (non-hydrogen) atoms. The molecule has 0 aliphatic heterocycles. The number of halogens is 2. The number of hydrogen-bond donors (Lipinski definition) is 1. The van der Waals surface area contributed by atoms with Crippen LogP contribution < -0.4 is 5.32 Å². The molecule has 1 nitrogen and oxygen atoms in total. The number of rotatable bonds is 5. The van der Waals surface area contributed by atoms with Crippen LogP contribution in [0.15, 0.2) is 11.6 Å². The lowest BCUT2D eigenvalue weighted by molar-refractivity contribution is 0.215. The summed E-state index contributed by atoms with van der Waals surface area (Å²) in [7, 11) is 0. The van der Waals surface area contributed by atoms with Crippen molar-refractivity contribution in [1.82, 2.24) is 5.32 Å². The second-order valence-electron chi connectivity index (χ2n) is 4.19. The Bertz CT molecular complexity index is 174. The summed E-state index contributed by atoms with van der Waals surface area (Å²) in [6.45, 7) is 1.87. The molecule has 0 unspecified atom stereocenters. The number of alkyl halides is 1. The normalized spacial score (nSPS) is 21.6. The topological polar surface area (TPSA) is 12.0 Å². The minimum atomic E-state index is 0.347. The van der Waals surface area contributed by atoms with Gasteiger partial charge in [-0.15, -0.1) is 11.6 Å². The van der Waals surface area contributed by atoms with E-state index >= 15 is 0 Å². The second kappa shape index (κ2) is 6.71. The first-order valence-electron chi connectivity index (χ1n) is 5.35. The quantitative estimate of drug-likeness (QED) is 0.569. The molecule has 1 aliphatic carbocycles. The molecule has 1 aliphatic rings. The van der Waals surface area contributed by atoms with Crippen LogP contribution in [0.5, 0.6) is 0 Å². The van der Waals surface area contributed by atoms with Crippen molar-refractivity contribution >= 4 is 23.2 Å². The fourth-order valence-electron chi connectivity index (χ4n) is 2.12. The Hall–Kier alpha value is 0.280. The first-order valence-corrected chi connectivity index (χ1v) is 6.32. The van der Waals surface area contributed by atoms with E-state index in [1.165, 1.54) is 32.1 Å². The fraction of sp³-hybridized carbons (Fsp3) is 0.818. The van der Waals surface area contributed by atoms with Crippen LogP contribution >= 0.6 is 23.2 Å². The molecule has 3 heteroatoms. The molecule has 1 saturated carbocycles. The van der Waals surface area contributed by atoms with Crippen LogP contribution in [0.1, 0.15) is 32.1 Å². The lowest BCUT2D eigenvalue weighted by Crippen LogP contribution is -2.37. The Labute approximate surface area is 96.8 Å². The molecule has 0 radical (unpaired) electrons. The van der Waals surface area contributed by atoms with Gasteiger partial charge in [-0.1, -0.05) is 36.9 Å². The van der Waals surface area contributed by atoms with E-state index in [0.717, 1.165) is 19.0 Å². The molecule has 1 N–H and O–H groups in total. The van der Waals surface area contributed by atoms with E-state index in [-0.39, 0.29) is 0 Å². The van der Waals surface area contributed by atoms with Crippen LogP contribution in [0.3, 0.4) is 0 Å². The molecule has 82 valence electrons. The summed E-state index contributed by atoms with van der Waals surface area (Å²) in [6, 6.07) is 0. The highest BCUT2D eigenvalue weighted by molar-refractivity contribution is 6.25.